The topological polar surface area (TPSA) is 74.5 Å². The van der Waals surface area contributed by atoms with E-state index >= 15 is 0 Å². The summed E-state index contributed by atoms with van der Waals surface area (Å²) in [6.07, 6.45) is 3.65. The van der Waals surface area contributed by atoms with E-state index in [0.29, 0.717) is 35.9 Å². The second kappa shape index (κ2) is 7.29. The summed E-state index contributed by atoms with van der Waals surface area (Å²) in [5.74, 6) is 0.669. The van der Waals surface area contributed by atoms with Crippen LogP contribution in [0.15, 0.2) is 54.9 Å². The van der Waals surface area contributed by atoms with E-state index < -0.39 is 0 Å². The first-order valence-corrected chi connectivity index (χ1v) is 7.43. The highest BCUT2D eigenvalue weighted by molar-refractivity contribution is 5.67. The van der Waals surface area contributed by atoms with Crippen molar-refractivity contribution in [2.45, 2.75) is 6.42 Å². The molecule has 0 fully saturated rings. The fraction of sp³-hybridized carbons (Fsp3) is 0.111. The minimum Gasteiger partial charge on any atom is -0.369 e. The molecule has 0 saturated heterocycles. The number of benzene rings is 1. The summed E-state index contributed by atoms with van der Waals surface area (Å²) in [5.41, 5.74) is 1.67. The monoisotopic (exact) mass is 319 g/mol. The molecule has 0 bridgehead atoms. The van der Waals surface area contributed by atoms with Crippen LogP contribution in [0, 0.1) is 17.1 Å². The van der Waals surface area contributed by atoms with E-state index in [1.54, 1.807) is 48.8 Å². The highest BCUT2D eigenvalue weighted by Crippen LogP contribution is 2.26. The van der Waals surface area contributed by atoms with Crippen LogP contribution in [0.2, 0.25) is 0 Å². The molecule has 2 aromatic heterocycles. The predicted molar refractivity (Wildman–Crippen MR) is 89.4 cm³/mol. The number of hydrogen-bond acceptors (Lipinski definition) is 5. The van der Waals surface area contributed by atoms with Gasteiger partial charge in [0.2, 0.25) is 0 Å². The zero-order valence-corrected chi connectivity index (χ0v) is 12.8. The van der Waals surface area contributed by atoms with Crippen molar-refractivity contribution in [3.05, 3.63) is 60.7 Å². The number of anilines is 1. The standard InChI is InChI=1S/C18H14FN5/c19-15-5-2-1-4-14(15)16-12-17(22-9-3-8-20)24-18(23-16)13-6-10-21-11-7-13/h1-2,4-7,10-12H,3,9H2,(H,22,23,24). The lowest BCUT2D eigenvalue weighted by Crippen LogP contribution is -2.05. The van der Waals surface area contributed by atoms with Gasteiger partial charge in [0.1, 0.15) is 11.6 Å². The number of nitrogens with one attached hydrogen (secondary N) is 1. The molecule has 0 unspecified atom stereocenters. The van der Waals surface area contributed by atoms with Gasteiger partial charge < -0.3 is 5.32 Å². The Morgan fingerprint density at radius 1 is 1.08 bits per heavy atom. The van der Waals surface area contributed by atoms with Gasteiger partial charge in [-0.15, -0.1) is 0 Å². The van der Waals surface area contributed by atoms with Gasteiger partial charge in [0.05, 0.1) is 18.2 Å². The van der Waals surface area contributed by atoms with Crippen LogP contribution in [0.1, 0.15) is 6.42 Å². The van der Waals surface area contributed by atoms with Crippen molar-refractivity contribution in [2.75, 3.05) is 11.9 Å². The van der Waals surface area contributed by atoms with E-state index in [-0.39, 0.29) is 5.82 Å². The predicted octanol–water partition coefficient (Wildman–Crippen LogP) is 3.67. The van der Waals surface area contributed by atoms with Crippen molar-refractivity contribution in [2.24, 2.45) is 0 Å². The molecule has 0 aliphatic carbocycles. The molecule has 1 N–H and O–H groups in total. The van der Waals surface area contributed by atoms with Crippen molar-refractivity contribution in [3.8, 4) is 28.7 Å². The lowest BCUT2D eigenvalue weighted by atomic mass is 10.1. The molecule has 0 saturated carbocycles. The fourth-order valence-electron chi connectivity index (χ4n) is 2.22. The Hall–Kier alpha value is -3.33. The average Bonchev–Trinajstić information content (AvgIpc) is 2.63. The molecule has 118 valence electrons. The van der Waals surface area contributed by atoms with Crippen LogP contribution in [0.25, 0.3) is 22.6 Å². The van der Waals surface area contributed by atoms with E-state index in [1.807, 2.05) is 0 Å². The first kappa shape index (κ1) is 15.6. The van der Waals surface area contributed by atoms with E-state index in [1.165, 1.54) is 6.07 Å². The highest BCUT2D eigenvalue weighted by atomic mass is 19.1. The van der Waals surface area contributed by atoms with Crippen molar-refractivity contribution in [3.63, 3.8) is 0 Å². The molecule has 3 aromatic rings. The van der Waals surface area contributed by atoms with Gasteiger partial charge in [0.25, 0.3) is 0 Å². The van der Waals surface area contributed by atoms with Crippen molar-refractivity contribution in [1.82, 2.24) is 15.0 Å². The zero-order chi connectivity index (χ0) is 16.8. The fourth-order valence-corrected chi connectivity index (χ4v) is 2.22. The Labute approximate surface area is 138 Å². The van der Waals surface area contributed by atoms with Gasteiger partial charge in [0.15, 0.2) is 5.82 Å². The van der Waals surface area contributed by atoms with Crippen molar-refractivity contribution >= 4 is 5.82 Å². The third-order valence-corrected chi connectivity index (χ3v) is 3.36. The number of aromatic nitrogens is 3. The Morgan fingerprint density at radius 2 is 1.88 bits per heavy atom. The molecular weight excluding hydrogens is 305 g/mol. The van der Waals surface area contributed by atoms with E-state index in [0.717, 1.165) is 5.56 Å². The second-order valence-electron chi connectivity index (χ2n) is 5.01. The molecule has 2 heterocycles. The minimum absolute atomic E-state index is 0.347. The van der Waals surface area contributed by atoms with Crippen LogP contribution in [0.3, 0.4) is 0 Å². The quantitative estimate of drug-likeness (QED) is 0.726. The molecule has 1 aromatic carbocycles. The van der Waals surface area contributed by atoms with Crippen LogP contribution in [-0.4, -0.2) is 21.5 Å². The molecule has 0 aliphatic rings. The summed E-state index contributed by atoms with van der Waals surface area (Å²) in [7, 11) is 0. The smallest absolute Gasteiger partial charge is 0.162 e. The van der Waals surface area contributed by atoms with Crippen LogP contribution in [-0.2, 0) is 0 Å². The number of hydrogen-bond donors (Lipinski definition) is 1. The maximum atomic E-state index is 14.1. The van der Waals surface area contributed by atoms with Gasteiger partial charge in [-0.25, -0.2) is 14.4 Å². The minimum atomic E-state index is -0.347. The molecule has 0 aliphatic heterocycles. The van der Waals surface area contributed by atoms with Crippen molar-refractivity contribution in [1.29, 1.82) is 5.26 Å². The largest absolute Gasteiger partial charge is 0.369 e. The van der Waals surface area contributed by atoms with Gasteiger partial charge >= 0.3 is 0 Å². The third kappa shape index (κ3) is 3.52. The number of pyridine rings is 1. The summed E-state index contributed by atoms with van der Waals surface area (Å²) in [5, 5.41) is 11.7. The SMILES string of the molecule is N#CCCNc1cc(-c2ccccc2F)nc(-c2ccncc2)n1. The highest BCUT2D eigenvalue weighted by Gasteiger charge is 2.11. The molecule has 24 heavy (non-hydrogen) atoms. The van der Waals surface area contributed by atoms with Gasteiger partial charge in [-0.3, -0.25) is 4.98 Å². The summed E-state index contributed by atoms with van der Waals surface area (Å²) in [4.78, 5) is 12.9. The van der Waals surface area contributed by atoms with Crippen LogP contribution in [0.4, 0.5) is 10.2 Å². The maximum Gasteiger partial charge on any atom is 0.162 e. The summed E-state index contributed by atoms with van der Waals surface area (Å²) < 4.78 is 14.1. The molecule has 5 nitrogen and oxygen atoms in total. The van der Waals surface area contributed by atoms with Gasteiger partial charge in [-0.05, 0) is 24.3 Å². The summed E-state index contributed by atoms with van der Waals surface area (Å²) in [6.45, 7) is 0.458. The maximum absolute atomic E-state index is 14.1. The molecular formula is C18H14FN5. The Kier molecular flexibility index (Phi) is 4.73. The molecule has 0 spiro atoms. The van der Waals surface area contributed by atoms with E-state index in [4.69, 9.17) is 5.26 Å². The molecule has 6 heteroatoms. The van der Waals surface area contributed by atoms with E-state index in [9.17, 15) is 4.39 Å². The zero-order valence-electron chi connectivity index (χ0n) is 12.8. The van der Waals surface area contributed by atoms with Gasteiger partial charge in [0, 0.05) is 36.1 Å². The van der Waals surface area contributed by atoms with Gasteiger partial charge in [-0.1, -0.05) is 12.1 Å². The van der Waals surface area contributed by atoms with Crippen LogP contribution in [0.5, 0.6) is 0 Å². The lowest BCUT2D eigenvalue weighted by molar-refractivity contribution is 0.630. The number of rotatable bonds is 5. The van der Waals surface area contributed by atoms with Crippen molar-refractivity contribution < 1.29 is 4.39 Å². The summed E-state index contributed by atoms with van der Waals surface area (Å²) >= 11 is 0. The number of halogens is 1. The third-order valence-electron chi connectivity index (χ3n) is 3.36. The molecule has 0 radical (unpaired) electrons. The Bertz CT molecular complexity index is 874. The first-order chi connectivity index (χ1) is 11.8. The molecule has 3 rings (SSSR count). The Balaban J connectivity index is 2.06. The van der Waals surface area contributed by atoms with Crippen LogP contribution >= 0.6 is 0 Å². The normalized spacial score (nSPS) is 10.2. The number of nitrogens with zero attached hydrogens (tertiary/aromatic N) is 4. The first-order valence-electron chi connectivity index (χ1n) is 7.43. The molecule has 0 atom stereocenters. The lowest BCUT2D eigenvalue weighted by Gasteiger charge is -2.10. The molecule has 0 amide bonds. The Morgan fingerprint density at radius 3 is 2.62 bits per heavy atom. The summed E-state index contributed by atoms with van der Waals surface area (Å²) in [6, 6.07) is 13.8. The average molecular weight is 319 g/mol. The van der Waals surface area contributed by atoms with Gasteiger partial charge in [-0.2, -0.15) is 5.26 Å². The number of nitriles is 1. The second-order valence-corrected chi connectivity index (χ2v) is 5.01. The van der Waals surface area contributed by atoms with E-state index in [2.05, 4.69) is 26.3 Å². The van der Waals surface area contributed by atoms with Crippen LogP contribution < -0.4 is 5.32 Å².